The predicted octanol–water partition coefficient (Wildman–Crippen LogP) is 4.80. The molecule has 0 aliphatic heterocycles. The minimum Gasteiger partial charge on any atom is -0.298 e. The van der Waals surface area contributed by atoms with Gasteiger partial charge in [0.15, 0.2) is 6.29 Å². The summed E-state index contributed by atoms with van der Waals surface area (Å²) in [6.45, 7) is 2.08. The molecule has 0 fully saturated rings. The molecule has 88 valence electrons. The molecule has 0 saturated heterocycles. The van der Waals surface area contributed by atoms with E-state index in [1.165, 1.54) is 5.56 Å². The van der Waals surface area contributed by atoms with Gasteiger partial charge in [-0.2, -0.15) is 0 Å². The maximum atomic E-state index is 10.3. The largest absolute Gasteiger partial charge is 0.298 e. The maximum Gasteiger partial charge on any atom is 0.153 e. The van der Waals surface area contributed by atoms with Gasteiger partial charge in [0, 0.05) is 0 Å². The van der Waals surface area contributed by atoms with Gasteiger partial charge in [-0.15, -0.1) is 0 Å². The van der Waals surface area contributed by atoms with Crippen LogP contribution in [0.1, 0.15) is 15.9 Å². The number of carbonyl (C=O) groups excluding carboxylic acids is 1. The lowest BCUT2D eigenvalue weighted by atomic mass is 10.2. The van der Waals surface area contributed by atoms with Crippen LogP contribution in [0.4, 0.5) is 0 Å². The molecule has 2 aromatic rings. The highest BCUT2D eigenvalue weighted by Crippen LogP contribution is 2.21. The molecule has 0 aromatic heterocycles. The van der Waals surface area contributed by atoms with Crippen LogP contribution in [-0.2, 0) is 0 Å². The average molecular weight is 267 g/mol. The van der Waals surface area contributed by atoms with Gasteiger partial charge in [-0.05, 0) is 19.1 Å². The standard InChI is InChI=1S/C7H4Cl2O.C7H8/c8-6-2-1-3-7(9)5(6)4-10;1-7-5-3-2-4-6-7/h1-4H;2-6H,1H3. The number of halogens is 2. The topological polar surface area (TPSA) is 17.1 Å². The lowest BCUT2D eigenvalue weighted by Gasteiger charge is -1.95. The van der Waals surface area contributed by atoms with Gasteiger partial charge in [0.05, 0.1) is 15.6 Å². The maximum absolute atomic E-state index is 10.3. The van der Waals surface area contributed by atoms with Gasteiger partial charge in [-0.3, -0.25) is 4.79 Å². The molecule has 0 spiro atoms. The molecular formula is C14H12Cl2O. The summed E-state index contributed by atoms with van der Waals surface area (Å²) in [7, 11) is 0. The van der Waals surface area contributed by atoms with Crippen molar-refractivity contribution in [3.63, 3.8) is 0 Å². The van der Waals surface area contributed by atoms with Crippen molar-refractivity contribution in [2.24, 2.45) is 0 Å². The number of aryl methyl sites for hydroxylation is 1. The molecule has 0 saturated carbocycles. The second kappa shape index (κ2) is 7.10. The van der Waals surface area contributed by atoms with E-state index in [2.05, 4.69) is 19.1 Å². The van der Waals surface area contributed by atoms with Crippen LogP contribution in [0.5, 0.6) is 0 Å². The van der Waals surface area contributed by atoms with E-state index in [-0.39, 0.29) is 0 Å². The molecule has 1 nitrogen and oxygen atoms in total. The first kappa shape index (κ1) is 13.8. The number of aldehydes is 1. The van der Waals surface area contributed by atoms with Gasteiger partial charge in [0.1, 0.15) is 0 Å². The van der Waals surface area contributed by atoms with Crippen molar-refractivity contribution in [2.75, 3.05) is 0 Å². The second-order valence-electron chi connectivity index (χ2n) is 3.41. The highest BCUT2D eigenvalue weighted by molar-refractivity contribution is 6.38. The average Bonchev–Trinajstić information content (AvgIpc) is 2.31. The zero-order valence-corrected chi connectivity index (χ0v) is 10.9. The van der Waals surface area contributed by atoms with Crippen molar-refractivity contribution in [1.29, 1.82) is 0 Å². The van der Waals surface area contributed by atoms with Crippen LogP contribution in [-0.4, -0.2) is 6.29 Å². The lowest BCUT2D eigenvalue weighted by molar-refractivity contribution is 0.112. The van der Waals surface area contributed by atoms with Crippen LogP contribution in [0.3, 0.4) is 0 Å². The fraction of sp³-hybridized carbons (Fsp3) is 0.0714. The first-order valence-electron chi connectivity index (χ1n) is 5.06. The minimum absolute atomic E-state index is 0.353. The summed E-state index contributed by atoms with van der Waals surface area (Å²) in [5.41, 5.74) is 1.67. The van der Waals surface area contributed by atoms with E-state index < -0.39 is 0 Å². The summed E-state index contributed by atoms with van der Waals surface area (Å²) >= 11 is 11.2. The Morgan fingerprint density at radius 3 is 1.71 bits per heavy atom. The Balaban J connectivity index is 0.000000181. The van der Waals surface area contributed by atoms with E-state index in [1.807, 2.05) is 18.2 Å². The van der Waals surface area contributed by atoms with Crippen molar-refractivity contribution in [1.82, 2.24) is 0 Å². The molecule has 0 aliphatic carbocycles. The predicted molar refractivity (Wildman–Crippen MR) is 73.0 cm³/mol. The second-order valence-corrected chi connectivity index (χ2v) is 4.22. The molecule has 0 atom stereocenters. The summed E-state index contributed by atoms with van der Waals surface area (Å²) in [6, 6.07) is 15.2. The molecule has 0 heterocycles. The van der Waals surface area contributed by atoms with Crippen molar-refractivity contribution >= 4 is 29.5 Å². The Hall–Kier alpha value is -1.31. The fourth-order valence-electron chi connectivity index (χ4n) is 1.16. The van der Waals surface area contributed by atoms with Gasteiger partial charge in [-0.1, -0.05) is 65.2 Å². The highest BCUT2D eigenvalue weighted by Gasteiger charge is 2.01. The van der Waals surface area contributed by atoms with Gasteiger partial charge < -0.3 is 0 Å². The molecule has 0 unspecified atom stereocenters. The van der Waals surface area contributed by atoms with Crippen LogP contribution in [0.2, 0.25) is 10.0 Å². The van der Waals surface area contributed by atoms with E-state index >= 15 is 0 Å². The normalized spacial score (nSPS) is 9.12. The van der Waals surface area contributed by atoms with Crippen molar-refractivity contribution in [2.45, 2.75) is 6.92 Å². The number of hydrogen-bond acceptors (Lipinski definition) is 1. The zero-order valence-electron chi connectivity index (χ0n) is 9.36. The minimum atomic E-state index is 0.353. The van der Waals surface area contributed by atoms with Crippen molar-refractivity contribution in [3.8, 4) is 0 Å². The molecule has 0 radical (unpaired) electrons. The summed E-state index contributed by atoms with van der Waals surface area (Å²) in [5, 5.41) is 0.782. The molecule has 0 bridgehead atoms. The molecule has 3 heteroatoms. The molecule has 0 N–H and O–H groups in total. The van der Waals surface area contributed by atoms with E-state index in [9.17, 15) is 4.79 Å². The van der Waals surface area contributed by atoms with Gasteiger partial charge in [-0.25, -0.2) is 0 Å². The molecular weight excluding hydrogens is 255 g/mol. The fourth-order valence-corrected chi connectivity index (χ4v) is 1.64. The van der Waals surface area contributed by atoms with E-state index in [0.29, 0.717) is 21.9 Å². The van der Waals surface area contributed by atoms with E-state index in [4.69, 9.17) is 23.2 Å². The van der Waals surface area contributed by atoms with Crippen molar-refractivity contribution in [3.05, 3.63) is 69.7 Å². The SMILES string of the molecule is Cc1ccccc1.O=Cc1c(Cl)cccc1Cl. The summed E-state index contributed by atoms with van der Waals surface area (Å²) in [4.78, 5) is 10.3. The van der Waals surface area contributed by atoms with Gasteiger partial charge in [0.25, 0.3) is 0 Å². The molecule has 0 amide bonds. The van der Waals surface area contributed by atoms with Gasteiger partial charge >= 0.3 is 0 Å². The third-order valence-electron chi connectivity index (χ3n) is 2.06. The van der Waals surface area contributed by atoms with Crippen LogP contribution < -0.4 is 0 Å². The van der Waals surface area contributed by atoms with Crippen molar-refractivity contribution < 1.29 is 4.79 Å². The summed E-state index contributed by atoms with van der Waals surface area (Å²) < 4.78 is 0. The monoisotopic (exact) mass is 266 g/mol. The van der Waals surface area contributed by atoms with Crippen LogP contribution in [0.25, 0.3) is 0 Å². The van der Waals surface area contributed by atoms with E-state index in [0.717, 1.165) is 0 Å². The number of carbonyl (C=O) groups is 1. The Labute approximate surface area is 111 Å². The molecule has 2 aromatic carbocycles. The third kappa shape index (κ3) is 4.59. The zero-order chi connectivity index (χ0) is 12.7. The highest BCUT2D eigenvalue weighted by atomic mass is 35.5. The lowest BCUT2D eigenvalue weighted by Crippen LogP contribution is -1.81. The van der Waals surface area contributed by atoms with Crippen LogP contribution in [0.15, 0.2) is 48.5 Å². The number of benzene rings is 2. The Bertz CT molecular complexity index is 461. The Morgan fingerprint density at radius 2 is 1.41 bits per heavy atom. The molecule has 2 rings (SSSR count). The van der Waals surface area contributed by atoms with Crippen LogP contribution in [0, 0.1) is 6.92 Å². The molecule has 17 heavy (non-hydrogen) atoms. The Morgan fingerprint density at radius 1 is 0.882 bits per heavy atom. The molecule has 0 aliphatic rings. The van der Waals surface area contributed by atoms with Crippen LogP contribution >= 0.6 is 23.2 Å². The first-order valence-corrected chi connectivity index (χ1v) is 5.81. The van der Waals surface area contributed by atoms with E-state index in [1.54, 1.807) is 18.2 Å². The third-order valence-corrected chi connectivity index (χ3v) is 2.72. The number of hydrogen-bond donors (Lipinski definition) is 0. The first-order chi connectivity index (χ1) is 8.15. The number of rotatable bonds is 1. The van der Waals surface area contributed by atoms with Gasteiger partial charge in [0.2, 0.25) is 0 Å². The summed E-state index contributed by atoms with van der Waals surface area (Å²) in [6.07, 6.45) is 0.644. The Kier molecular flexibility index (Phi) is 5.75. The summed E-state index contributed by atoms with van der Waals surface area (Å²) in [5.74, 6) is 0. The smallest absolute Gasteiger partial charge is 0.153 e. The quantitative estimate of drug-likeness (QED) is 0.678.